The first-order valence-electron chi connectivity index (χ1n) is 6.83. The van der Waals surface area contributed by atoms with Crippen LogP contribution < -0.4 is 5.73 Å². The lowest BCUT2D eigenvalue weighted by Crippen LogP contribution is -2.45. The van der Waals surface area contributed by atoms with Crippen molar-refractivity contribution in [3.63, 3.8) is 0 Å². The predicted molar refractivity (Wildman–Crippen MR) is 83.0 cm³/mol. The van der Waals surface area contributed by atoms with Crippen molar-refractivity contribution in [2.24, 2.45) is 11.7 Å². The third-order valence-corrected chi connectivity index (χ3v) is 6.18. The summed E-state index contributed by atoms with van der Waals surface area (Å²) in [6, 6.07) is 2.84. The Labute approximate surface area is 123 Å². The van der Waals surface area contributed by atoms with E-state index in [-0.39, 0.29) is 0 Å². The second-order valence-electron chi connectivity index (χ2n) is 5.28. The average Bonchev–Trinajstić information content (AvgIpc) is 2.69. The van der Waals surface area contributed by atoms with E-state index in [0.29, 0.717) is 6.04 Å². The topological polar surface area (TPSA) is 29.3 Å². The first-order chi connectivity index (χ1) is 8.63. The average molecular weight is 331 g/mol. The Hall–Kier alpha value is 0.1000. The minimum Gasteiger partial charge on any atom is -0.329 e. The van der Waals surface area contributed by atoms with Gasteiger partial charge in [-0.25, -0.2) is 0 Å². The third kappa shape index (κ3) is 3.35. The Morgan fingerprint density at radius 3 is 2.89 bits per heavy atom. The fraction of sp³-hybridized carbons (Fsp3) is 0.714. The maximum Gasteiger partial charge on any atom is 0.0331 e. The van der Waals surface area contributed by atoms with Gasteiger partial charge in [-0.15, -0.1) is 11.3 Å². The zero-order valence-electron chi connectivity index (χ0n) is 11.3. The summed E-state index contributed by atoms with van der Waals surface area (Å²) in [5.74, 6) is 0.881. The van der Waals surface area contributed by atoms with Gasteiger partial charge in [-0.2, -0.15) is 0 Å². The van der Waals surface area contributed by atoms with Crippen LogP contribution in [0.25, 0.3) is 0 Å². The van der Waals surface area contributed by atoms with E-state index in [2.05, 4.69) is 40.7 Å². The molecule has 2 unspecified atom stereocenters. The molecular formula is C14H23BrN2S. The Balaban J connectivity index is 1.99. The molecule has 0 bridgehead atoms. The van der Waals surface area contributed by atoms with E-state index < -0.39 is 0 Å². The maximum absolute atomic E-state index is 5.95. The van der Waals surface area contributed by atoms with Gasteiger partial charge < -0.3 is 5.73 Å². The molecule has 2 heterocycles. The number of likely N-dealkylation sites (tertiary alicyclic amines) is 1. The third-order valence-electron chi connectivity index (χ3n) is 4.06. The highest BCUT2D eigenvalue weighted by Crippen LogP contribution is 2.30. The molecule has 2 rings (SSSR count). The van der Waals surface area contributed by atoms with E-state index in [9.17, 15) is 0 Å². The van der Waals surface area contributed by atoms with Crippen LogP contribution in [0.3, 0.4) is 0 Å². The molecule has 1 aromatic heterocycles. The summed E-state index contributed by atoms with van der Waals surface area (Å²) >= 11 is 5.50. The van der Waals surface area contributed by atoms with Gasteiger partial charge in [0.15, 0.2) is 0 Å². The lowest BCUT2D eigenvalue weighted by Gasteiger charge is -2.38. The fourth-order valence-electron chi connectivity index (χ4n) is 2.80. The molecule has 4 heteroatoms. The Morgan fingerprint density at radius 2 is 2.33 bits per heavy atom. The molecule has 2 N–H and O–H groups in total. The van der Waals surface area contributed by atoms with Crippen LogP contribution in [0.15, 0.2) is 10.5 Å². The van der Waals surface area contributed by atoms with Gasteiger partial charge in [-0.05, 0) is 54.2 Å². The first kappa shape index (κ1) is 14.5. The fourth-order valence-corrected chi connectivity index (χ4v) is 4.43. The summed E-state index contributed by atoms with van der Waals surface area (Å²) in [5, 5.41) is 0. The maximum atomic E-state index is 5.95. The van der Waals surface area contributed by atoms with E-state index in [4.69, 9.17) is 5.73 Å². The quantitative estimate of drug-likeness (QED) is 0.910. The van der Waals surface area contributed by atoms with Crippen molar-refractivity contribution in [2.45, 2.75) is 45.7 Å². The van der Waals surface area contributed by atoms with Crippen molar-refractivity contribution in [2.75, 3.05) is 13.1 Å². The summed E-state index contributed by atoms with van der Waals surface area (Å²) < 4.78 is 1.25. The summed E-state index contributed by atoms with van der Waals surface area (Å²) in [7, 11) is 0. The minimum absolute atomic E-state index is 0.574. The van der Waals surface area contributed by atoms with Gasteiger partial charge in [-0.3, -0.25) is 4.90 Å². The molecule has 1 aliphatic heterocycles. The summed E-state index contributed by atoms with van der Waals surface area (Å²) in [6.07, 6.45) is 3.91. The highest BCUT2D eigenvalue weighted by Gasteiger charge is 2.26. The second-order valence-corrected chi connectivity index (χ2v) is 7.47. The van der Waals surface area contributed by atoms with Crippen LogP contribution in [-0.4, -0.2) is 24.0 Å². The molecule has 18 heavy (non-hydrogen) atoms. The molecule has 1 fully saturated rings. The van der Waals surface area contributed by atoms with Crippen LogP contribution in [0, 0.1) is 12.8 Å². The van der Waals surface area contributed by atoms with Crippen molar-refractivity contribution in [3.05, 3.63) is 20.3 Å². The number of nitrogens with zero attached hydrogens (tertiary/aromatic N) is 1. The van der Waals surface area contributed by atoms with Gasteiger partial charge in [-0.1, -0.05) is 13.3 Å². The molecule has 0 radical (unpaired) electrons. The smallest absolute Gasteiger partial charge is 0.0331 e. The predicted octanol–water partition coefficient (Wildman–Crippen LogP) is 3.77. The SMILES string of the molecule is CCC1CCN(Cc2cc(Br)c(C)s2)C(CN)C1. The highest BCUT2D eigenvalue weighted by atomic mass is 79.9. The normalized spacial score (nSPS) is 25.6. The second kappa shape index (κ2) is 6.51. The molecule has 2 atom stereocenters. The molecule has 0 saturated carbocycles. The molecule has 0 amide bonds. The van der Waals surface area contributed by atoms with Crippen molar-refractivity contribution in [1.29, 1.82) is 0 Å². The number of aryl methyl sites for hydroxylation is 1. The van der Waals surface area contributed by atoms with E-state index in [0.717, 1.165) is 19.0 Å². The first-order valence-corrected chi connectivity index (χ1v) is 8.43. The van der Waals surface area contributed by atoms with Gasteiger partial charge in [0.05, 0.1) is 0 Å². The monoisotopic (exact) mass is 330 g/mol. The lowest BCUT2D eigenvalue weighted by molar-refractivity contribution is 0.108. The molecule has 0 spiro atoms. The minimum atomic E-state index is 0.574. The van der Waals surface area contributed by atoms with E-state index in [1.807, 2.05) is 11.3 Å². The molecule has 1 saturated heterocycles. The number of thiophene rings is 1. The summed E-state index contributed by atoms with van der Waals surface area (Å²) in [5.41, 5.74) is 5.95. The van der Waals surface area contributed by atoms with Crippen LogP contribution >= 0.6 is 27.3 Å². The number of halogens is 1. The lowest BCUT2D eigenvalue weighted by atomic mass is 9.89. The number of nitrogens with two attached hydrogens (primary N) is 1. The largest absolute Gasteiger partial charge is 0.329 e. The van der Waals surface area contributed by atoms with Gasteiger partial charge in [0.25, 0.3) is 0 Å². The zero-order valence-corrected chi connectivity index (χ0v) is 13.7. The zero-order chi connectivity index (χ0) is 13.1. The Kier molecular flexibility index (Phi) is 5.24. The molecular weight excluding hydrogens is 308 g/mol. The summed E-state index contributed by atoms with van der Waals surface area (Å²) in [4.78, 5) is 5.40. The van der Waals surface area contributed by atoms with Crippen molar-refractivity contribution in [3.8, 4) is 0 Å². The molecule has 2 nitrogen and oxygen atoms in total. The van der Waals surface area contributed by atoms with Crippen molar-refractivity contribution < 1.29 is 0 Å². The number of hydrogen-bond acceptors (Lipinski definition) is 3. The van der Waals surface area contributed by atoms with Gasteiger partial charge in [0.1, 0.15) is 0 Å². The van der Waals surface area contributed by atoms with Gasteiger partial charge in [0, 0.05) is 33.4 Å². The Bertz CT molecular complexity index is 372. The van der Waals surface area contributed by atoms with Crippen LogP contribution in [0.4, 0.5) is 0 Å². The summed E-state index contributed by atoms with van der Waals surface area (Å²) in [6.45, 7) is 7.53. The van der Waals surface area contributed by atoms with Crippen LogP contribution in [-0.2, 0) is 6.54 Å². The van der Waals surface area contributed by atoms with Crippen LogP contribution in [0.5, 0.6) is 0 Å². The number of hydrogen-bond donors (Lipinski definition) is 1. The van der Waals surface area contributed by atoms with Crippen LogP contribution in [0.1, 0.15) is 35.9 Å². The Morgan fingerprint density at radius 1 is 1.56 bits per heavy atom. The molecule has 1 aliphatic rings. The standard InChI is InChI=1S/C14H23BrN2S/c1-3-11-4-5-17(12(6-11)8-16)9-13-7-14(15)10(2)18-13/h7,11-12H,3-6,8-9,16H2,1-2H3. The number of rotatable bonds is 4. The molecule has 0 aromatic carbocycles. The molecule has 102 valence electrons. The van der Waals surface area contributed by atoms with Crippen molar-refractivity contribution in [1.82, 2.24) is 4.90 Å². The van der Waals surface area contributed by atoms with Gasteiger partial charge in [0.2, 0.25) is 0 Å². The van der Waals surface area contributed by atoms with E-state index >= 15 is 0 Å². The van der Waals surface area contributed by atoms with E-state index in [1.54, 1.807) is 0 Å². The number of piperidine rings is 1. The highest BCUT2D eigenvalue weighted by molar-refractivity contribution is 9.10. The molecule has 1 aromatic rings. The van der Waals surface area contributed by atoms with Crippen LogP contribution in [0.2, 0.25) is 0 Å². The van der Waals surface area contributed by atoms with Crippen molar-refractivity contribution >= 4 is 27.3 Å². The van der Waals surface area contributed by atoms with E-state index in [1.165, 1.54) is 40.0 Å². The van der Waals surface area contributed by atoms with Gasteiger partial charge >= 0.3 is 0 Å². The molecule has 0 aliphatic carbocycles.